The fourth-order valence-electron chi connectivity index (χ4n) is 1.00. The second-order valence-electron chi connectivity index (χ2n) is 2.55. The number of hydrogen-bond donors (Lipinski definition) is 1. The Balaban J connectivity index is 3.28. The van der Waals surface area contributed by atoms with E-state index in [0.717, 1.165) is 0 Å². The maximum atomic E-state index is 12.5. The van der Waals surface area contributed by atoms with Gasteiger partial charge in [0.05, 0.1) is 12.3 Å². The first kappa shape index (κ1) is 12.3. The first-order valence-corrected chi connectivity index (χ1v) is 5.93. The van der Waals surface area contributed by atoms with E-state index in [1.165, 1.54) is 0 Å². The van der Waals surface area contributed by atoms with E-state index in [-0.39, 0.29) is 18.0 Å². The van der Waals surface area contributed by atoms with Crippen molar-refractivity contribution in [2.24, 2.45) is 0 Å². The molecule has 14 heavy (non-hydrogen) atoms. The molecule has 0 spiro atoms. The zero-order valence-corrected chi connectivity index (χ0v) is 10.7. The molecule has 1 rings (SSSR count). The lowest BCUT2D eigenvalue weighted by Gasteiger charge is -2.09. The van der Waals surface area contributed by atoms with Crippen molar-refractivity contribution < 1.29 is 13.9 Å². The normalized spacial score (nSPS) is 11.0. The van der Waals surface area contributed by atoms with Crippen molar-refractivity contribution in [3.8, 4) is 0 Å². The van der Waals surface area contributed by atoms with E-state index in [1.54, 1.807) is 6.07 Å². The van der Waals surface area contributed by atoms with Crippen molar-refractivity contribution in [1.82, 2.24) is 4.98 Å². The number of rotatable bonds is 3. The monoisotopic (exact) mass is 377 g/mol. The Labute approximate surface area is 102 Å². The minimum absolute atomic E-state index is 0.252. The van der Waals surface area contributed by atoms with E-state index in [4.69, 9.17) is 5.11 Å². The van der Waals surface area contributed by atoms with Crippen LogP contribution in [0.3, 0.4) is 0 Å². The Morgan fingerprint density at radius 3 is 2.64 bits per heavy atom. The Morgan fingerprint density at radius 1 is 1.57 bits per heavy atom. The third-order valence-corrected chi connectivity index (χ3v) is 3.18. The summed E-state index contributed by atoms with van der Waals surface area (Å²) >= 11 is 5.09. The van der Waals surface area contributed by atoms with Crippen molar-refractivity contribution in [3.63, 3.8) is 0 Å². The van der Waals surface area contributed by atoms with Crippen molar-refractivity contribution >= 4 is 38.5 Å². The summed E-state index contributed by atoms with van der Waals surface area (Å²) in [6.45, 7) is -0.321. The minimum Gasteiger partial charge on any atom is -0.390 e. The van der Waals surface area contributed by atoms with Gasteiger partial charge in [0.2, 0.25) is 0 Å². The lowest BCUT2D eigenvalue weighted by Crippen LogP contribution is -2.03. The molecule has 0 aromatic carbocycles. The van der Waals surface area contributed by atoms with Crippen LogP contribution < -0.4 is 0 Å². The van der Waals surface area contributed by atoms with Crippen LogP contribution in [0.25, 0.3) is 0 Å². The molecule has 0 fully saturated rings. The molecule has 0 bridgehead atoms. The summed E-state index contributed by atoms with van der Waals surface area (Å²) in [4.78, 5) is 3.69. The first-order valence-electron chi connectivity index (χ1n) is 3.73. The van der Waals surface area contributed by atoms with E-state index in [0.29, 0.717) is 14.5 Å². The Hall–Kier alpha value is 0.180. The SMILES string of the molecule is OCc1cc(I)c(CBr)c(C(F)F)n1. The van der Waals surface area contributed by atoms with E-state index in [1.807, 2.05) is 22.6 Å². The molecule has 6 heteroatoms. The molecule has 0 unspecified atom stereocenters. The van der Waals surface area contributed by atoms with Crippen LogP contribution in [0.1, 0.15) is 23.4 Å². The van der Waals surface area contributed by atoms with Crippen molar-refractivity contribution in [3.05, 3.63) is 26.6 Å². The van der Waals surface area contributed by atoms with Crippen LogP contribution in [0.2, 0.25) is 0 Å². The number of alkyl halides is 3. The van der Waals surface area contributed by atoms with Gasteiger partial charge in [-0.3, -0.25) is 0 Å². The predicted molar refractivity (Wildman–Crippen MR) is 60.5 cm³/mol. The number of pyridine rings is 1. The molecule has 0 radical (unpaired) electrons. The third-order valence-electron chi connectivity index (χ3n) is 1.66. The molecule has 0 aliphatic rings. The van der Waals surface area contributed by atoms with E-state index >= 15 is 0 Å². The lowest BCUT2D eigenvalue weighted by atomic mass is 10.2. The molecule has 2 nitrogen and oxygen atoms in total. The van der Waals surface area contributed by atoms with Gasteiger partial charge in [-0.2, -0.15) is 0 Å². The van der Waals surface area contributed by atoms with Crippen LogP contribution in [-0.2, 0) is 11.9 Å². The average Bonchev–Trinajstić information content (AvgIpc) is 2.16. The predicted octanol–water partition coefficient (Wildman–Crippen LogP) is 3.01. The van der Waals surface area contributed by atoms with Crippen molar-refractivity contribution in [1.29, 1.82) is 0 Å². The molecule has 0 aliphatic carbocycles. The number of nitrogens with zero attached hydrogens (tertiary/aromatic N) is 1. The molecule has 1 N–H and O–H groups in total. The number of aliphatic hydroxyl groups excluding tert-OH is 1. The summed E-state index contributed by atoms with van der Waals surface area (Å²) in [5, 5.41) is 9.15. The largest absolute Gasteiger partial charge is 0.390 e. The van der Waals surface area contributed by atoms with E-state index < -0.39 is 6.43 Å². The minimum atomic E-state index is -2.61. The molecule has 0 amide bonds. The van der Waals surface area contributed by atoms with Gasteiger partial charge in [0, 0.05) is 14.5 Å². The molecule has 78 valence electrons. The van der Waals surface area contributed by atoms with Crippen molar-refractivity contribution in [2.45, 2.75) is 18.4 Å². The van der Waals surface area contributed by atoms with Gasteiger partial charge in [0.1, 0.15) is 5.69 Å². The number of hydrogen-bond acceptors (Lipinski definition) is 2. The molecule has 0 atom stereocenters. The highest BCUT2D eigenvalue weighted by molar-refractivity contribution is 14.1. The second-order valence-corrected chi connectivity index (χ2v) is 4.27. The van der Waals surface area contributed by atoms with Gasteiger partial charge >= 0.3 is 0 Å². The molecule has 0 aliphatic heterocycles. The molecular weight excluding hydrogens is 371 g/mol. The number of aromatic nitrogens is 1. The van der Waals surface area contributed by atoms with E-state index in [9.17, 15) is 8.78 Å². The third kappa shape index (κ3) is 2.60. The smallest absolute Gasteiger partial charge is 0.280 e. The summed E-state index contributed by atoms with van der Waals surface area (Å²) in [6, 6.07) is 1.60. The van der Waals surface area contributed by atoms with Gasteiger partial charge in [0.25, 0.3) is 6.43 Å². The number of aliphatic hydroxyl groups is 1. The van der Waals surface area contributed by atoms with Crippen LogP contribution in [0.15, 0.2) is 6.07 Å². The Morgan fingerprint density at radius 2 is 2.21 bits per heavy atom. The highest BCUT2D eigenvalue weighted by Crippen LogP contribution is 2.27. The van der Waals surface area contributed by atoms with Crippen LogP contribution in [-0.4, -0.2) is 10.1 Å². The molecule has 0 saturated carbocycles. The summed E-state index contributed by atoms with van der Waals surface area (Å²) < 4.78 is 25.8. The van der Waals surface area contributed by atoms with Gasteiger partial charge < -0.3 is 5.11 Å². The highest BCUT2D eigenvalue weighted by Gasteiger charge is 2.17. The zero-order valence-electron chi connectivity index (χ0n) is 6.98. The van der Waals surface area contributed by atoms with Crippen molar-refractivity contribution in [2.75, 3.05) is 0 Å². The number of halogens is 4. The summed E-state index contributed by atoms with van der Waals surface area (Å²) in [7, 11) is 0. The van der Waals surface area contributed by atoms with E-state index in [2.05, 4.69) is 20.9 Å². The maximum absolute atomic E-state index is 12.5. The highest BCUT2D eigenvalue weighted by atomic mass is 127. The summed E-state index contributed by atoms with van der Waals surface area (Å²) in [5.41, 5.74) is 0.505. The molecule has 1 heterocycles. The second kappa shape index (κ2) is 5.32. The van der Waals surface area contributed by atoms with Crippen LogP contribution in [0.5, 0.6) is 0 Å². The topological polar surface area (TPSA) is 33.1 Å². The summed E-state index contributed by atoms with van der Waals surface area (Å²) in [6.07, 6.45) is -2.61. The average molecular weight is 378 g/mol. The molecule has 0 saturated heterocycles. The first-order chi connectivity index (χ1) is 6.60. The van der Waals surface area contributed by atoms with Crippen LogP contribution in [0.4, 0.5) is 8.78 Å². The fraction of sp³-hybridized carbons (Fsp3) is 0.375. The zero-order chi connectivity index (χ0) is 10.7. The summed E-state index contributed by atoms with van der Waals surface area (Å²) in [5.74, 6) is 0. The molecule has 1 aromatic heterocycles. The van der Waals surface area contributed by atoms with Gasteiger partial charge in [-0.25, -0.2) is 13.8 Å². The maximum Gasteiger partial charge on any atom is 0.280 e. The van der Waals surface area contributed by atoms with Crippen LogP contribution >= 0.6 is 38.5 Å². The van der Waals surface area contributed by atoms with Gasteiger partial charge in [-0.15, -0.1) is 0 Å². The quantitative estimate of drug-likeness (QED) is 0.648. The fourth-order valence-corrected chi connectivity index (χ4v) is 2.94. The Bertz CT molecular complexity index is 335. The van der Waals surface area contributed by atoms with Gasteiger partial charge in [-0.1, -0.05) is 15.9 Å². The molecule has 1 aromatic rings. The lowest BCUT2D eigenvalue weighted by molar-refractivity contribution is 0.144. The van der Waals surface area contributed by atoms with Crippen LogP contribution in [0, 0.1) is 3.57 Å². The Kier molecular flexibility index (Phi) is 4.65. The standard InChI is InChI=1S/C8H7BrF2INO/c9-2-5-6(12)1-4(3-14)13-7(5)8(10)11/h1,8,14H,2-3H2. The molecular formula is C8H7BrF2INO. The van der Waals surface area contributed by atoms with Gasteiger partial charge in [0.15, 0.2) is 0 Å². The van der Waals surface area contributed by atoms with Gasteiger partial charge in [-0.05, 0) is 28.7 Å².